The summed E-state index contributed by atoms with van der Waals surface area (Å²) >= 11 is 1.78. The van der Waals surface area contributed by atoms with E-state index in [1.165, 1.54) is 10.4 Å². The minimum absolute atomic E-state index is 0.0284. The van der Waals surface area contributed by atoms with Gasteiger partial charge in [-0.05, 0) is 44.2 Å². The summed E-state index contributed by atoms with van der Waals surface area (Å²) in [5.74, 6) is 0.764. The van der Waals surface area contributed by atoms with Crippen LogP contribution in [-0.2, 0) is 13.0 Å². The summed E-state index contributed by atoms with van der Waals surface area (Å²) in [7, 11) is 0. The normalized spacial score (nSPS) is 17.7. The van der Waals surface area contributed by atoms with Crippen LogP contribution in [0.5, 0.6) is 0 Å². The first-order valence-corrected chi connectivity index (χ1v) is 7.98. The van der Waals surface area contributed by atoms with Crippen molar-refractivity contribution in [2.45, 2.75) is 39.8 Å². The van der Waals surface area contributed by atoms with Crippen molar-refractivity contribution < 1.29 is 9.32 Å². The zero-order valence-electron chi connectivity index (χ0n) is 12.5. The molecule has 0 radical (unpaired) electrons. The van der Waals surface area contributed by atoms with Crippen LogP contribution in [0, 0.1) is 13.8 Å². The van der Waals surface area contributed by atoms with Crippen LogP contribution in [0.3, 0.4) is 0 Å². The van der Waals surface area contributed by atoms with Crippen LogP contribution in [0.2, 0.25) is 0 Å². The molecular weight excluding hydrogens is 286 g/mol. The standard InChI is InChI=1S/C15H19N3O2S/c1-9-13(11(3)20-17-9)8-16-15(19)18-6-4-14-12(10(18)2)5-7-21-14/h5,7,10H,4,6,8H2,1-3H3,(H,16,19). The number of thiophene rings is 1. The first-order valence-electron chi connectivity index (χ1n) is 7.10. The molecule has 0 saturated heterocycles. The molecular formula is C15H19N3O2S. The summed E-state index contributed by atoms with van der Waals surface area (Å²) in [6, 6.07) is 2.22. The molecule has 5 nitrogen and oxygen atoms in total. The van der Waals surface area contributed by atoms with Crippen LogP contribution in [0.1, 0.15) is 40.4 Å². The second-order valence-corrected chi connectivity index (χ2v) is 6.38. The Morgan fingerprint density at radius 2 is 2.38 bits per heavy atom. The largest absolute Gasteiger partial charge is 0.361 e. The summed E-state index contributed by atoms with van der Waals surface area (Å²) in [4.78, 5) is 15.7. The molecule has 3 rings (SSSR count). The fourth-order valence-corrected chi connectivity index (χ4v) is 3.77. The maximum atomic E-state index is 12.4. The Morgan fingerprint density at radius 3 is 3.10 bits per heavy atom. The van der Waals surface area contributed by atoms with Gasteiger partial charge in [0.15, 0.2) is 0 Å². The van der Waals surface area contributed by atoms with Crippen molar-refractivity contribution in [1.29, 1.82) is 0 Å². The molecule has 6 heteroatoms. The number of nitrogens with zero attached hydrogens (tertiary/aromatic N) is 2. The predicted molar refractivity (Wildman–Crippen MR) is 81.4 cm³/mol. The fourth-order valence-electron chi connectivity index (χ4n) is 2.81. The molecule has 21 heavy (non-hydrogen) atoms. The van der Waals surface area contributed by atoms with Gasteiger partial charge in [-0.3, -0.25) is 0 Å². The van der Waals surface area contributed by atoms with E-state index in [-0.39, 0.29) is 12.1 Å². The number of carbonyl (C=O) groups is 1. The van der Waals surface area contributed by atoms with Crippen LogP contribution in [0.15, 0.2) is 16.0 Å². The fraction of sp³-hybridized carbons (Fsp3) is 0.467. The lowest BCUT2D eigenvalue weighted by Gasteiger charge is -2.33. The van der Waals surface area contributed by atoms with E-state index in [0.717, 1.165) is 30.0 Å². The Morgan fingerprint density at radius 1 is 1.57 bits per heavy atom. The number of amides is 2. The Balaban J connectivity index is 1.67. The van der Waals surface area contributed by atoms with Crippen molar-refractivity contribution in [3.8, 4) is 0 Å². The highest BCUT2D eigenvalue weighted by atomic mass is 32.1. The minimum Gasteiger partial charge on any atom is -0.361 e. The van der Waals surface area contributed by atoms with E-state index in [1.807, 2.05) is 18.7 Å². The third-order valence-corrected chi connectivity index (χ3v) is 5.13. The monoisotopic (exact) mass is 305 g/mol. The highest BCUT2D eigenvalue weighted by Gasteiger charge is 2.28. The molecule has 0 aliphatic carbocycles. The summed E-state index contributed by atoms with van der Waals surface area (Å²) in [6.45, 7) is 7.06. The van der Waals surface area contributed by atoms with Gasteiger partial charge in [0.25, 0.3) is 0 Å². The highest BCUT2D eigenvalue weighted by molar-refractivity contribution is 7.10. The van der Waals surface area contributed by atoms with Gasteiger partial charge in [-0.1, -0.05) is 5.16 Å². The van der Waals surface area contributed by atoms with Crippen molar-refractivity contribution in [2.24, 2.45) is 0 Å². The molecule has 0 spiro atoms. The third-order valence-electron chi connectivity index (χ3n) is 4.14. The summed E-state index contributed by atoms with van der Waals surface area (Å²) in [6.07, 6.45) is 0.941. The molecule has 1 unspecified atom stereocenters. The van der Waals surface area contributed by atoms with Crippen LogP contribution >= 0.6 is 11.3 Å². The number of aromatic nitrogens is 1. The number of urea groups is 1. The molecule has 1 aliphatic heterocycles. The van der Waals surface area contributed by atoms with Crippen LogP contribution < -0.4 is 5.32 Å². The van der Waals surface area contributed by atoms with Crippen molar-refractivity contribution in [3.63, 3.8) is 0 Å². The lowest BCUT2D eigenvalue weighted by molar-refractivity contribution is 0.175. The van der Waals surface area contributed by atoms with E-state index in [2.05, 4.69) is 28.8 Å². The molecule has 1 N–H and O–H groups in total. The summed E-state index contributed by atoms with van der Waals surface area (Å²) in [5.41, 5.74) is 3.07. The number of hydrogen-bond donors (Lipinski definition) is 1. The van der Waals surface area contributed by atoms with E-state index in [1.54, 1.807) is 11.3 Å². The molecule has 0 aromatic carbocycles. The second kappa shape index (κ2) is 5.52. The molecule has 0 fully saturated rings. The van der Waals surface area contributed by atoms with Gasteiger partial charge in [-0.25, -0.2) is 4.79 Å². The smallest absolute Gasteiger partial charge is 0.318 e. The van der Waals surface area contributed by atoms with Crippen molar-refractivity contribution in [1.82, 2.24) is 15.4 Å². The van der Waals surface area contributed by atoms with Gasteiger partial charge in [0.1, 0.15) is 5.76 Å². The van der Waals surface area contributed by atoms with Gasteiger partial charge in [0.05, 0.1) is 11.7 Å². The average molecular weight is 305 g/mol. The van der Waals surface area contributed by atoms with Crippen molar-refractivity contribution in [3.05, 3.63) is 38.9 Å². The van der Waals surface area contributed by atoms with E-state index in [0.29, 0.717) is 6.54 Å². The Bertz CT molecular complexity index is 642. The van der Waals surface area contributed by atoms with E-state index >= 15 is 0 Å². The number of nitrogens with one attached hydrogen (secondary N) is 1. The first-order chi connectivity index (χ1) is 10.1. The van der Waals surface area contributed by atoms with Crippen LogP contribution in [0.25, 0.3) is 0 Å². The number of carbonyl (C=O) groups excluding carboxylic acids is 1. The topological polar surface area (TPSA) is 58.4 Å². The summed E-state index contributed by atoms with van der Waals surface area (Å²) < 4.78 is 5.12. The van der Waals surface area contributed by atoms with Crippen LogP contribution in [0.4, 0.5) is 4.79 Å². The summed E-state index contributed by atoms with van der Waals surface area (Å²) in [5, 5.41) is 8.99. The van der Waals surface area contributed by atoms with Gasteiger partial charge in [0.2, 0.25) is 0 Å². The van der Waals surface area contributed by atoms with Gasteiger partial charge in [-0.15, -0.1) is 11.3 Å². The Labute approximate surface area is 127 Å². The number of rotatable bonds is 2. The molecule has 3 heterocycles. The molecule has 1 aliphatic rings. The van der Waals surface area contributed by atoms with E-state index in [4.69, 9.17) is 4.52 Å². The third kappa shape index (κ3) is 2.55. The molecule has 2 amide bonds. The molecule has 2 aromatic rings. The first kappa shape index (κ1) is 14.1. The second-order valence-electron chi connectivity index (χ2n) is 5.38. The number of aryl methyl sites for hydroxylation is 2. The van der Waals surface area contributed by atoms with Gasteiger partial charge in [-0.2, -0.15) is 0 Å². The maximum Gasteiger partial charge on any atom is 0.318 e. The van der Waals surface area contributed by atoms with Crippen LogP contribution in [-0.4, -0.2) is 22.6 Å². The maximum absolute atomic E-state index is 12.4. The lowest BCUT2D eigenvalue weighted by atomic mass is 10.0. The Hall–Kier alpha value is -1.82. The molecule has 1 atom stereocenters. The molecule has 112 valence electrons. The zero-order valence-corrected chi connectivity index (χ0v) is 13.3. The highest BCUT2D eigenvalue weighted by Crippen LogP contribution is 2.32. The molecule has 0 saturated carbocycles. The quantitative estimate of drug-likeness (QED) is 0.927. The SMILES string of the molecule is Cc1noc(C)c1CNC(=O)N1CCc2sccc2C1C. The Kier molecular flexibility index (Phi) is 3.71. The van der Waals surface area contributed by atoms with E-state index in [9.17, 15) is 4.79 Å². The number of hydrogen-bond acceptors (Lipinski definition) is 4. The van der Waals surface area contributed by atoms with Crippen molar-refractivity contribution in [2.75, 3.05) is 6.54 Å². The predicted octanol–water partition coefficient (Wildman–Crippen LogP) is 3.18. The van der Waals surface area contributed by atoms with E-state index < -0.39 is 0 Å². The zero-order chi connectivity index (χ0) is 15.0. The van der Waals surface area contributed by atoms with Gasteiger partial charge in [0, 0.05) is 23.5 Å². The number of fused-ring (bicyclic) bond motifs is 1. The average Bonchev–Trinajstić information content (AvgIpc) is 3.05. The minimum atomic E-state index is -0.0284. The van der Waals surface area contributed by atoms with Gasteiger partial charge < -0.3 is 14.7 Å². The van der Waals surface area contributed by atoms with Gasteiger partial charge >= 0.3 is 6.03 Å². The lowest BCUT2D eigenvalue weighted by Crippen LogP contribution is -2.44. The molecule has 2 aromatic heterocycles. The van der Waals surface area contributed by atoms with Crippen molar-refractivity contribution >= 4 is 17.4 Å². The molecule has 0 bridgehead atoms.